The number of benzene rings is 1. The van der Waals surface area contributed by atoms with E-state index >= 15 is 0 Å². The highest BCUT2D eigenvalue weighted by atomic mass is 79.9. The van der Waals surface area contributed by atoms with Crippen molar-refractivity contribution >= 4 is 15.9 Å². The number of aryl methyl sites for hydroxylation is 1. The number of hydrazine groups is 1. The van der Waals surface area contributed by atoms with Gasteiger partial charge in [0.2, 0.25) is 0 Å². The van der Waals surface area contributed by atoms with Crippen LogP contribution in [0, 0.1) is 6.92 Å². The zero-order valence-electron chi connectivity index (χ0n) is 9.79. The van der Waals surface area contributed by atoms with Crippen LogP contribution in [-0.4, -0.2) is 13.2 Å². The molecule has 0 saturated carbocycles. The first-order valence-electron chi connectivity index (χ1n) is 5.49. The molecule has 0 saturated heterocycles. The van der Waals surface area contributed by atoms with Crippen LogP contribution in [0.3, 0.4) is 0 Å². The van der Waals surface area contributed by atoms with Crippen molar-refractivity contribution in [2.45, 2.75) is 26.3 Å². The summed E-state index contributed by atoms with van der Waals surface area (Å²) in [5, 5.41) is 0. The average Bonchev–Trinajstić information content (AvgIpc) is 2.26. The van der Waals surface area contributed by atoms with Crippen LogP contribution in [-0.2, 0) is 4.74 Å². The molecule has 0 bridgehead atoms. The van der Waals surface area contributed by atoms with Crippen LogP contribution >= 0.6 is 15.9 Å². The Bertz CT molecular complexity index is 331. The molecule has 0 spiro atoms. The second kappa shape index (κ2) is 7.01. The molecule has 3 nitrogen and oxygen atoms in total. The molecule has 0 aliphatic heterocycles. The maximum atomic E-state index is 5.54. The van der Waals surface area contributed by atoms with Crippen LogP contribution in [0.2, 0.25) is 0 Å². The van der Waals surface area contributed by atoms with E-state index in [0.717, 1.165) is 23.1 Å². The number of rotatable bonds is 6. The van der Waals surface area contributed by atoms with E-state index in [-0.39, 0.29) is 6.04 Å². The predicted octanol–water partition coefficient (Wildman–Crippen LogP) is 2.69. The second-order valence-corrected chi connectivity index (χ2v) is 4.67. The van der Waals surface area contributed by atoms with Crippen molar-refractivity contribution in [3.63, 3.8) is 0 Å². The lowest BCUT2D eigenvalue weighted by atomic mass is 10.1. The fourth-order valence-electron chi connectivity index (χ4n) is 1.49. The van der Waals surface area contributed by atoms with E-state index in [9.17, 15) is 0 Å². The molecule has 0 aliphatic carbocycles. The molecule has 0 amide bonds. The molecule has 3 N–H and O–H groups in total. The molecule has 0 fully saturated rings. The molecule has 0 aliphatic rings. The summed E-state index contributed by atoms with van der Waals surface area (Å²) in [5.41, 5.74) is 5.13. The van der Waals surface area contributed by atoms with Crippen molar-refractivity contribution in [1.82, 2.24) is 5.43 Å². The SMILES string of the molecule is CCCOCC(NN)c1ccc(C)cc1Br. The Morgan fingerprint density at radius 1 is 1.50 bits per heavy atom. The van der Waals surface area contributed by atoms with Gasteiger partial charge in [0.1, 0.15) is 0 Å². The number of ether oxygens (including phenoxy) is 1. The summed E-state index contributed by atoms with van der Waals surface area (Å²) in [6.45, 7) is 5.51. The standard InChI is InChI=1S/C12H19BrN2O/c1-3-6-16-8-12(15-14)10-5-4-9(2)7-11(10)13/h4-5,7,12,15H,3,6,8,14H2,1-2H3. The van der Waals surface area contributed by atoms with Gasteiger partial charge in [0.05, 0.1) is 12.6 Å². The Hall–Kier alpha value is -0.420. The molecule has 0 heterocycles. The zero-order valence-corrected chi connectivity index (χ0v) is 11.4. The van der Waals surface area contributed by atoms with Crippen LogP contribution in [0.5, 0.6) is 0 Å². The van der Waals surface area contributed by atoms with Crippen LogP contribution in [0.1, 0.15) is 30.5 Å². The number of nitrogens with two attached hydrogens (primary N) is 1. The van der Waals surface area contributed by atoms with E-state index in [4.69, 9.17) is 10.6 Å². The topological polar surface area (TPSA) is 47.3 Å². The van der Waals surface area contributed by atoms with Gasteiger partial charge in [0.15, 0.2) is 0 Å². The lowest BCUT2D eigenvalue weighted by Crippen LogP contribution is -2.31. The Morgan fingerprint density at radius 3 is 2.81 bits per heavy atom. The molecule has 1 unspecified atom stereocenters. The summed E-state index contributed by atoms with van der Waals surface area (Å²) in [6.07, 6.45) is 1.02. The molecule has 1 aromatic carbocycles. The molecular weight excluding hydrogens is 268 g/mol. The third kappa shape index (κ3) is 3.87. The van der Waals surface area contributed by atoms with E-state index in [0.29, 0.717) is 6.61 Å². The minimum Gasteiger partial charge on any atom is -0.379 e. The third-order valence-corrected chi connectivity index (χ3v) is 3.05. The first-order chi connectivity index (χ1) is 7.69. The summed E-state index contributed by atoms with van der Waals surface area (Å²) in [7, 11) is 0. The van der Waals surface area contributed by atoms with E-state index in [1.165, 1.54) is 5.56 Å². The van der Waals surface area contributed by atoms with Crippen molar-refractivity contribution in [3.8, 4) is 0 Å². The van der Waals surface area contributed by atoms with Crippen molar-refractivity contribution in [2.75, 3.05) is 13.2 Å². The normalized spacial score (nSPS) is 12.8. The molecule has 16 heavy (non-hydrogen) atoms. The zero-order chi connectivity index (χ0) is 12.0. The minimum atomic E-state index is 0.0292. The molecule has 90 valence electrons. The van der Waals surface area contributed by atoms with Gasteiger partial charge >= 0.3 is 0 Å². The molecule has 0 aromatic heterocycles. The van der Waals surface area contributed by atoms with Gasteiger partial charge in [-0.05, 0) is 30.5 Å². The van der Waals surface area contributed by atoms with Crippen LogP contribution in [0.25, 0.3) is 0 Å². The van der Waals surface area contributed by atoms with Gasteiger partial charge in [-0.25, -0.2) is 0 Å². The Morgan fingerprint density at radius 2 is 2.25 bits per heavy atom. The highest BCUT2D eigenvalue weighted by molar-refractivity contribution is 9.10. The molecule has 1 atom stereocenters. The van der Waals surface area contributed by atoms with Crippen molar-refractivity contribution in [1.29, 1.82) is 0 Å². The van der Waals surface area contributed by atoms with Gasteiger partial charge in [0, 0.05) is 11.1 Å². The Kier molecular flexibility index (Phi) is 5.98. The minimum absolute atomic E-state index is 0.0292. The maximum absolute atomic E-state index is 5.54. The fraction of sp³-hybridized carbons (Fsp3) is 0.500. The Balaban J connectivity index is 2.70. The number of hydrogen-bond acceptors (Lipinski definition) is 3. The molecule has 0 radical (unpaired) electrons. The van der Waals surface area contributed by atoms with Crippen molar-refractivity contribution in [3.05, 3.63) is 33.8 Å². The van der Waals surface area contributed by atoms with Crippen LogP contribution in [0.4, 0.5) is 0 Å². The maximum Gasteiger partial charge on any atom is 0.0704 e. The van der Waals surface area contributed by atoms with Crippen molar-refractivity contribution in [2.24, 2.45) is 5.84 Å². The van der Waals surface area contributed by atoms with Gasteiger partial charge < -0.3 is 4.74 Å². The predicted molar refractivity (Wildman–Crippen MR) is 70.1 cm³/mol. The number of hydrogen-bond donors (Lipinski definition) is 2. The summed E-state index contributed by atoms with van der Waals surface area (Å²) >= 11 is 3.55. The molecule has 1 rings (SSSR count). The summed E-state index contributed by atoms with van der Waals surface area (Å²) < 4.78 is 6.58. The first-order valence-corrected chi connectivity index (χ1v) is 6.28. The van der Waals surface area contributed by atoms with Gasteiger partial charge in [-0.15, -0.1) is 0 Å². The Labute approximate surface area is 105 Å². The van der Waals surface area contributed by atoms with Gasteiger partial charge in [-0.1, -0.05) is 35.0 Å². The fourth-order valence-corrected chi connectivity index (χ4v) is 2.26. The third-order valence-electron chi connectivity index (χ3n) is 2.37. The largest absolute Gasteiger partial charge is 0.379 e. The molecular formula is C12H19BrN2O. The van der Waals surface area contributed by atoms with E-state index in [1.54, 1.807) is 0 Å². The number of halogens is 1. The quantitative estimate of drug-likeness (QED) is 0.480. The lowest BCUT2D eigenvalue weighted by Gasteiger charge is -2.18. The first kappa shape index (κ1) is 13.6. The second-order valence-electron chi connectivity index (χ2n) is 3.82. The monoisotopic (exact) mass is 286 g/mol. The van der Waals surface area contributed by atoms with E-state index in [2.05, 4.69) is 53.4 Å². The number of nitrogens with one attached hydrogen (secondary N) is 1. The molecule has 4 heteroatoms. The summed E-state index contributed by atoms with van der Waals surface area (Å²) in [4.78, 5) is 0. The van der Waals surface area contributed by atoms with E-state index < -0.39 is 0 Å². The lowest BCUT2D eigenvalue weighted by molar-refractivity contribution is 0.112. The van der Waals surface area contributed by atoms with Crippen LogP contribution < -0.4 is 11.3 Å². The molecule has 1 aromatic rings. The van der Waals surface area contributed by atoms with Gasteiger partial charge in [-0.2, -0.15) is 0 Å². The van der Waals surface area contributed by atoms with E-state index in [1.807, 2.05) is 0 Å². The van der Waals surface area contributed by atoms with Gasteiger partial charge in [0.25, 0.3) is 0 Å². The highest BCUT2D eigenvalue weighted by Crippen LogP contribution is 2.24. The smallest absolute Gasteiger partial charge is 0.0704 e. The van der Waals surface area contributed by atoms with Crippen LogP contribution in [0.15, 0.2) is 22.7 Å². The summed E-state index contributed by atoms with van der Waals surface area (Å²) in [5.74, 6) is 5.54. The average molecular weight is 287 g/mol. The van der Waals surface area contributed by atoms with Crippen molar-refractivity contribution < 1.29 is 4.74 Å². The van der Waals surface area contributed by atoms with Gasteiger partial charge in [-0.3, -0.25) is 11.3 Å². The summed E-state index contributed by atoms with van der Waals surface area (Å²) in [6, 6.07) is 6.25. The highest BCUT2D eigenvalue weighted by Gasteiger charge is 2.12.